The van der Waals surface area contributed by atoms with Gasteiger partial charge in [-0.05, 0) is 31.5 Å². The lowest BCUT2D eigenvalue weighted by molar-refractivity contribution is 0.530. The topological polar surface area (TPSA) is 26.0 Å². The molecule has 0 fully saturated rings. The Bertz CT molecular complexity index is 578. The first kappa shape index (κ1) is 13.1. The van der Waals surface area contributed by atoms with Crippen LogP contribution in [0, 0.1) is 12.7 Å². The third kappa shape index (κ3) is 2.26. The SMILES string of the molecule is Cc1ccc(F)c(C(C)(N)c2ccccc2Cl)c1. The molecule has 1 nitrogen and oxygen atoms in total. The zero-order valence-electron chi connectivity index (χ0n) is 10.4. The van der Waals surface area contributed by atoms with Crippen LogP contribution in [0.1, 0.15) is 23.6 Å². The summed E-state index contributed by atoms with van der Waals surface area (Å²) in [6, 6.07) is 12.2. The van der Waals surface area contributed by atoms with Crippen LogP contribution in [0.2, 0.25) is 5.02 Å². The second-order valence-corrected chi connectivity index (χ2v) is 5.07. The molecule has 3 heteroatoms. The summed E-state index contributed by atoms with van der Waals surface area (Å²) in [6.07, 6.45) is 0. The summed E-state index contributed by atoms with van der Waals surface area (Å²) in [4.78, 5) is 0. The highest BCUT2D eigenvalue weighted by atomic mass is 35.5. The van der Waals surface area contributed by atoms with Crippen molar-refractivity contribution in [3.63, 3.8) is 0 Å². The first-order valence-corrected chi connectivity index (χ1v) is 6.11. The summed E-state index contributed by atoms with van der Waals surface area (Å²) in [7, 11) is 0. The molecular formula is C15H15ClFN. The smallest absolute Gasteiger partial charge is 0.128 e. The lowest BCUT2D eigenvalue weighted by Crippen LogP contribution is -2.35. The van der Waals surface area contributed by atoms with E-state index >= 15 is 0 Å². The zero-order valence-corrected chi connectivity index (χ0v) is 11.1. The largest absolute Gasteiger partial charge is 0.318 e. The first-order valence-electron chi connectivity index (χ1n) is 5.73. The standard InChI is InChI=1S/C15H15ClFN/c1-10-7-8-14(17)12(9-10)15(2,18)11-5-3-4-6-13(11)16/h3-9H,18H2,1-2H3. The molecule has 2 N–H and O–H groups in total. The van der Waals surface area contributed by atoms with E-state index in [4.69, 9.17) is 17.3 Å². The van der Waals surface area contributed by atoms with Gasteiger partial charge in [0.05, 0.1) is 5.54 Å². The van der Waals surface area contributed by atoms with Crippen LogP contribution in [0.5, 0.6) is 0 Å². The van der Waals surface area contributed by atoms with E-state index in [1.54, 1.807) is 25.1 Å². The van der Waals surface area contributed by atoms with Gasteiger partial charge in [0.15, 0.2) is 0 Å². The minimum absolute atomic E-state index is 0.314. The Morgan fingerprint density at radius 2 is 1.78 bits per heavy atom. The summed E-state index contributed by atoms with van der Waals surface area (Å²) >= 11 is 6.15. The number of aryl methyl sites for hydroxylation is 1. The molecule has 0 aliphatic rings. The normalized spacial score (nSPS) is 14.3. The van der Waals surface area contributed by atoms with Gasteiger partial charge in [-0.2, -0.15) is 0 Å². The van der Waals surface area contributed by atoms with Gasteiger partial charge in [0.1, 0.15) is 5.82 Å². The van der Waals surface area contributed by atoms with Gasteiger partial charge in [-0.3, -0.25) is 0 Å². The molecule has 1 unspecified atom stereocenters. The molecular weight excluding hydrogens is 249 g/mol. The molecule has 0 aliphatic carbocycles. The highest BCUT2D eigenvalue weighted by Gasteiger charge is 2.28. The minimum atomic E-state index is -0.950. The van der Waals surface area contributed by atoms with Crippen molar-refractivity contribution in [3.8, 4) is 0 Å². The predicted octanol–water partition coefficient (Wildman–Crippen LogP) is 4.01. The van der Waals surface area contributed by atoms with Crippen molar-refractivity contribution in [3.05, 3.63) is 70.0 Å². The Labute approximate surface area is 111 Å². The Balaban J connectivity index is 2.61. The second-order valence-electron chi connectivity index (χ2n) is 4.67. The van der Waals surface area contributed by atoms with Crippen molar-refractivity contribution >= 4 is 11.6 Å². The van der Waals surface area contributed by atoms with Crippen LogP contribution in [0.15, 0.2) is 42.5 Å². The molecule has 0 spiro atoms. The fourth-order valence-electron chi connectivity index (χ4n) is 2.06. The van der Waals surface area contributed by atoms with Crippen molar-refractivity contribution in [1.29, 1.82) is 0 Å². The second kappa shape index (κ2) is 4.71. The molecule has 2 rings (SSSR count). The summed E-state index contributed by atoms with van der Waals surface area (Å²) in [5, 5.41) is 0.545. The maximum absolute atomic E-state index is 14.0. The molecule has 0 saturated carbocycles. The molecule has 2 aromatic rings. The fourth-order valence-corrected chi connectivity index (χ4v) is 2.40. The summed E-state index contributed by atoms with van der Waals surface area (Å²) < 4.78 is 14.0. The molecule has 0 aliphatic heterocycles. The molecule has 2 aromatic carbocycles. The van der Waals surface area contributed by atoms with E-state index in [1.807, 2.05) is 25.1 Å². The Morgan fingerprint density at radius 3 is 2.44 bits per heavy atom. The lowest BCUT2D eigenvalue weighted by atomic mass is 9.84. The van der Waals surface area contributed by atoms with Crippen LogP contribution in [0.25, 0.3) is 0 Å². The van der Waals surface area contributed by atoms with Crippen molar-refractivity contribution in [2.24, 2.45) is 5.73 Å². The van der Waals surface area contributed by atoms with Crippen molar-refractivity contribution in [2.75, 3.05) is 0 Å². The van der Waals surface area contributed by atoms with Crippen LogP contribution in [-0.4, -0.2) is 0 Å². The number of rotatable bonds is 2. The van der Waals surface area contributed by atoms with Crippen LogP contribution in [0.4, 0.5) is 4.39 Å². The first-order chi connectivity index (χ1) is 8.43. The van der Waals surface area contributed by atoms with E-state index in [-0.39, 0.29) is 5.82 Å². The van der Waals surface area contributed by atoms with Gasteiger partial charge >= 0.3 is 0 Å². The van der Waals surface area contributed by atoms with E-state index < -0.39 is 5.54 Å². The molecule has 0 aromatic heterocycles. The zero-order chi connectivity index (χ0) is 13.3. The van der Waals surface area contributed by atoms with E-state index in [0.29, 0.717) is 10.6 Å². The summed E-state index contributed by atoms with van der Waals surface area (Å²) in [5.74, 6) is -0.314. The van der Waals surface area contributed by atoms with Gasteiger partial charge in [-0.1, -0.05) is 47.5 Å². The molecule has 1 atom stereocenters. The Morgan fingerprint density at radius 1 is 1.11 bits per heavy atom. The third-order valence-corrected chi connectivity index (χ3v) is 3.44. The van der Waals surface area contributed by atoms with Crippen LogP contribution >= 0.6 is 11.6 Å². The van der Waals surface area contributed by atoms with Crippen molar-refractivity contribution in [2.45, 2.75) is 19.4 Å². The van der Waals surface area contributed by atoms with E-state index in [2.05, 4.69) is 0 Å². The molecule has 0 heterocycles. The molecule has 94 valence electrons. The maximum atomic E-state index is 14.0. The number of halogens is 2. The average molecular weight is 264 g/mol. The molecule has 18 heavy (non-hydrogen) atoms. The van der Waals surface area contributed by atoms with Gasteiger partial charge in [-0.15, -0.1) is 0 Å². The number of hydrogen-bond donors (Lipinski definition) is 1. The molecule has 0 amide bonds. The minimum Gasteiger partial charge on any atom is -0.318 e. The Hall–Kier alpha value is -1.38. The van der Waals surface area contributed by atoms with Gasteiger partial charge in [0.25, 0.3) is 0 Å². The van der Waals surface area contributed by atoms with Gasteiger partial charge in [-0.25, -0.2) is 4.39 Å². The highest BCUT2D eigenvalue weighted by Crippen LogP contribution is 2.33. The van der Waals surface area contributed by atoms with Gasteiger partial charge < -0.3 is 5.73 Å². The van der Waals surface area contributed by atoms with Crippen molar-refractivity contribution < 1.29 is 4.39 Å². The fraction of sp³-hybridized carbons (Fsp3) is 0.200. The lowest BCUT2D eigenvalue weighted by Gasteiger charge is -2.27. The van der Waals surface area contributed by atoms with E-state index in [1.165, 1.54) is 6.07 Å². The van der Waals surface area contributed by atoms with Gasteiger partial charge in [0, 0.05) is 10.6 Å². The number of nitrogens with two attached hydrogens (primary N) is 1. The average Bonchev–Trinajstić information content (AvgIpc) is 2.32. The highest BCUT2D eigenvalue weighted by molar-refractivity contribution is 6.31. The quantitative estimate of drug-likeness (QED) is 0.870. The van der Waals surface area contributed by atoms with Crippen LogP contribution < -0.4 is 5.73 Å². The monoisotopic (exact) mass is 263 g/mol. The van der Waals surface area contributed by atoms with Crippen LogP contribution in [0.3, 0.4) is 0 Å². The number of hydrogen-bond acceptors (Lipinski definition) is 1. The van der Waals surface area contributed by atoms with E-state index in [0.717, 1.165) is 11.1 Å². The van der Waals surface area contributed by atoms with Crippen LogP contribution in [-0.2, 0) is 5.54 Å². The van der Waals surface area contributed by atoms with E-state index in [9.17, 15) is 4.39 Å². The molecule has 0 radical (unpaired) electrons. The van der Waals surface area contributed by atoms with Crippen molar-refractivity contribution in [1.82, 2.24) is 0 Å². The van der Waals surface area contributed by atoms with Gasteiger partial charge in [0.2, 0.25) is 0 Å². The third-order valence-electron chi connectivity index (χ3n) is 3.11. The summed E-state index contributed by atoms with van der Waals surface area (Å²) in [6.45, 7) is 3.68. The number of benzene rings is 2. The Kier molecular flexibility index (Phi) is 3.42. The predicted molar refractivity (Wildman–Crippen MR) is 73.2 cm³/mol. The maximum Gasteiger partial charge on any atom is 0.128 e. The molecule has 0 saturated heterocycles. The summed E-state index contributed by atoms with van der Waals surface area (Å²) in [5.41, 5.74) is 7.50. The molecule has 0 bridgehead atoms.